The molecule has 0 saturated heterocycles. The van der Waals surface area contributed by atoms with Crippen molar-refractivity contribution in [1.82, 2.24) is 0 Å². The molecular weight excluding hydrogens is 352 g/mol. The largest absolute Gasteiger partial charge is 0.413 e. The van der Waals surface area contributed by atoms with E-state index in [-0.39, 0.29) is 17.1 Å². The number of allylic oxidation sites excluding steroid dienone is 1. The van der Waals surface area contributed by atoms with Gasteiger partial charge < -0.3 is 14.3 Å². The Morgan fingerprint density at radius 2 is 1.70 bits per heavy atom. The van der Waals surface area contributed by atoms with Crippen LogP contribution in [0.25, 0.3) is 0 Å². The summed E-state index contributed by atoms with van der Waals surface area (Å²) >= 11 is 0. The van der Waals surface area contributed by atoms with Crippen molar-refractivity contribution in [3.05, 3.63) is 48.6 Å². The number of benzene rings is 1. The van der Waals surface area contributed by atoms with Crippen LogP contribution in [0.3, 0.4) is 0 Å². The van der Waals surface area contributed by atoms with Crippen molar-refractivity contribution in [2.75, 3.05) is 6.61 Å². The van der Waals surface area contributed by atoms with Gasteiger partial charge in [-0.15, -0.1) is 6.58 Å². The molecule has 154 valence electrons. The lowest BCUT2D eigenvalue weighted by molar-refractivity contribution is -0.0507. The van der Waals surface area contributed by atoms with Gasteiger partial charge in [-0.05, 0) is 50.4 Å². The van der Waals surface area contributed by atoms with E-state index in [0.717, 1.165) is 12.8 Å². The van der Waals surface area contributed by atoms with Crippen LogP contribution in [0.1, 0.15) is 53.0 Å². The highest BCUT2D eigenvalue weighted by molar-refractivity contribution is 6.74. The third kappa shape index (κ3) is 7.90. The smallest absolute Gasteiger partial charge is 0.192 e. The molecule has 2 atom stereocenters. The summed E-state index contributed by atoms with van der Waals surface area (Å²) in [6.45, 7) is 20.1. The number of hydrogen-bond donors (Lipinski definition) is 1. The molecule has 0 heterocycles. The van der Waals surface area contributed by atoms with Gasteiger partial charge in [0, 0.05) is 12.5 Å². The van der Waals surface area contributed by atoms with E-state index >= 15 is 0 Å². The highest BCUT2D eigenvalue weighted by Crippen LogP contribution is 2.40. The number of aliphatic hydroxyl groups is 1. The molecule has 0 saturated carbocycles. The molecule has 0 aliphatic rings. The summed E-state index contributed by atoms with van der Waals surface area (Å²) in [5.41, 5.74) is 0.338. The molecule has 0 amide bonds. The zero-order chi connectivity index (χ0) is 20.7. The van der Waals surface area contributed by atoms with Crippen molar-refractivity contribution in [3.8, 4) is 0 Å². The first-order valence-corrected chi connectivity index (χ1v) is 12.9. The van der Waals surface area contributed by atoms with Crippen LogP contribution in [0, 0.1) is 5.92 Å². The van der Waals surface area contributed by atoms with Crippen LogP contribution >= 0.6 is 0 Å². The maximum atomic E-state index is 10.8. The van der Waals surface area contributed by atoms with Crippen molar-refractivity contribution in [3.63, 3.8) is 0 Å². The molecule has 0 bridgehead atoms. The van der Waals surface area contributed by atoms with Gasteiger partial charge in [0.05, 0.1) is 18.3 Å². The van der Waals surface area contributed by atoms with Crippen LogP contribution in [0.2, 0.25) is 18.1 Å². The fourth-order valence-electron chi connectivity index (χ4n) is 2.94. The topological polar surface area (TPSA) is 38.7 Å². The first-order chi connectivity index (χ1) is 12.4. The first-order valence-electron chi connectivity index (χ1n) is 10.0. The quantitative estimate of drug-likeness (QED) is 0.287. The van der Waals surface area contributed by atoms with Crippen LogP contribution in [-0.4, -0.2) is 31.7 Å². The van der Waals surface area contributed by atoms with E-state index in [1.165, 1.54) is 5.56 Å². The molecule has 4 heteroatoms. The summed E-state index contributed by atoms with van der Waals surface area (Å²) in [6, 6.07) is 10.2. The SMILES string of the molecule is C=CC[C@H]([C@H](CCOCc1ccccc1)O[Si](C)(C)C(C)(C)C)C(C)(C)O. The molecule has 1 N–H and O–H groups in total. The summed E-state index contributed by atoms with van der Waals surface area (Å²) in [5, 5.41) is 10.9. The fraction of sp³-hybridized carbons (Fsp3) is 0.652. The maximum absolute atomic E-state index is 10.8. The zero-order valence-corrected chi connectivity index (χ0v) is 19.4. The molecule has 0 spiro atoms. The summed E-state index contributed by atoms with van der Waals surface area (Å²) in [6.07, 6.45) is 3.32. The number of rotatable bonds is 11. The minimum absolute atomic E-state index is 0.00977. The van der Waals surface area contributed by atoms with E-state index in [4.69, 9.17) is 9.16 Å². The van der Waals surface area contributed by atoms with Gasteiger partial charge in [-0.2, -0.15) is 0 Å². The second-order valence-corrected chi connectivity index (χ2v) is 14.3. The Morgan fingerprint density at radius 3 is 2.19 bits per heavy atom. The molecule has 1 rings (SSSR count). The van der Waals surface area contributed by atoms with Crippen molar-refractivity contribution in [1.29, 1.82) is 0 Å². The fourth-order valence-corrected chi connectivity index (χ4v) is 4.33. The lowest BCUT2D eigenvalue weighted by atomic mass is 9.82. The Balaban J connectivity index is 2.84. The van der Waals surface area contributed by atoms with E-state index < -0.39 is 13.9 Å². The standard InChI is InChI=1S/C23H40O3Si/c1-9-13-20(23(5,6)24)21(26-27(7,8)22(2,3)4)16-17-25-18-19-14-11-10-12-15-19/h9-12,14-15,20-21,24H,1,13,16-18H2,2-8H3/t20-,21+/m1/s1. The molecule has 0 radical (unpaired) electrons. The minimum atomic E-state index is -1.96. The Labute approximate surface area is 167 Å². The van der Waals surface area contributed by atoms with Crippen molar-refractivity contribution in [2.24, 2.45) is 5.92 Å². The van der Waals surface area contributed by atoms with E-state index in [0.29, 0.717) is 13.2 Å². The van der Waals surface area contributed by atoms with E-state index in [1.54, 1.807) is 0 Å². The third-order valence-electron chi connectivity index (χ3n) is 5.69. The van der Waals surface area contributed by atoms with Gasteiger partial charge >= 0.3 is 0 Å². The van der Waals surface area contributed by atoms with Gasteiger partial charge in [0.1, 0.15) is 0 Å². The summed E-state index contributed by atoms with van der Waals surface area (Å²) < 4.78 is 12.7. The van der Waals surface area contributed by atoms with Gasteiger partial charge in [-0.1, -0.05) is 57.2 Å². The molecule has 0 aliphatic heterocycles. The Morgan fingerprint density at radius 1 is 1.11 bits per heavy atom. The lowest BCUT2D eigenvalue weighted by Gasteiger charge is -2.44. The van der Waals surface area contributed by atoms with Crippen LogP contribution in [-0.2, 0) is 15.8 Å². The van der Waals surface area contributed by atoms with E-state index in [9.17, 15) is 5.11 Å². The van der Waals surface area contributed by atoms with E-state index in [2.05, 4.69) is 52.6 Å². The first kappa shape index (κ1) is 24.1. The summed E-state index contributed by atoms with van der Waals surface area (Å²) in [4.78, 5) is 0. The number of ether oxygens (including phenoxy) is 1. The van der Waals surface area contributed by atoms with Gasteiger partial charge in [0.25, 0.3) is 0 Å². The molecule has 1 aromatic carbocycles. The average Bonchev–Trinajstić information content (AvgIpc) is 2.54. The van der Waals surface area contributed by atoms with Crippen LogP contribution in [0.5, 0.6) is 0 Å². The second kappa shape index (κ2) is 10.0. The lowest BCUT2D eigenvalue weighted by Crippen LogP contribution is -2.50. The normalized spacial score (nSPS) is 15.4. The van der Waals surface area contributed by atoms with Crippen molar-refractivity contribution in [2.45, 2.75) is 83.9 Å². The highest BCUT2D eigenvalue weighted by Gasteiger charge is 2.43. The predicted molar refractivity (Wildman–Crippen MR) is 117 cm³/mol. The second-order valence-electron chi connectivity index (χ2n) is 9.53. The Kier molecular flexibility index (Phi) is 8.94. The molecule has 0 aliphatic carbocycles. The molecule has 3 nitrogen and oxygen atoms in total. The summed E-state index contributed by atoms with van der Waals surface area (Å²) in [5.74, 6) is -0.00977. The van der Waals surface area contributed by atoms with Crippen molar-refractivity contribution >= 4 is 8.32 Å². The Hall–Kier alpha value is -0.943. The summed E-state index contributed by atoms with van der Waals surface area (Å²) in [7, 11) is -1.96. The zero-order valence-electron chi connectivity index (χ0n) is 18.4. The van der Waals surface area contributed by atoms with Crippen molar-refractivity contribution < 1.29 is 14.3 Å². The molecular formula is C23H40O3Si. The third-order valence-corrected chi connectivity index (χ3v) is 10.2. The number of hydrogen-bond acceptors (Lipinski definition) is 3. The molecule has 1 aromatic rings. The van der Waals surface area contributed by atoms with Crippen LogP contribution in [0.15, 0.2) is 43.0 Å². The van der Waals surface area contributed by atoms with Gasteiger partial charge in [-0.25, -0.2) is 0 Å². The van der Waals surface area contributed by atoms with Gasteiger partial charge in [0.15, 0.2) is 8.32 Å². The van der Waals surface area contributed by atoms with E-state index in [1.807, 2.05) is 38.1 Å². The highest BCUT2D eigenvalue weighted by atomic mass is 28.4. The molecule has 0 unspecified atom stereocenters. The molecule has 27 heavy (non-hydrogen) atoms. The predicted octanol–water partition coefficient (Wildman–Crippen LogP) is 5.95. The van der Waals surface area contributed by atoms with Gasteiger partial charge in [0.2, 0.25) is 0 Å². The van der Waals surface area contributed by atoms with Crippen LogP contribution < -0.4 is 0 Å². The molecule has 0 fully saturated rings. The minimum Gasteiger partial charge on any atom is -0.413 e. The maximum Gasteiger partial charge on any atom is 0.192 e. The molecule has 0 aromatic heterocycles. The average molecular weight is 393 g/mol. The monoisotopic (exact) mass is 392 g/mol. The van der Waals surface area contributed by atoms with Crippen LogP contribution in [0.4, 0.5) is 0 Å². The Bertz CT molecular complexity index is 555. The van der Waals surface area contributed by atoms with Gasteiger partial charge in [-0.3, -0.25) is 0 Å².